The summed E-state index contributed by atoms with van der Waals surface area (Å²) in [4.78, 5) is 0. The van der Waals surface area contributed by atoms with E-state index in [9.17, 15) is 0 Å². The van der Waals surface area contributed by atoms with Crippen molar-refractivity contribution in [3.05, 3.63) is 44.6 Å². The lowest BCUT2D eigenvalue weighted by atomic mass is 10.1. The third-order valence-corrected chi connectivity index (χ3v) is 4.15. The summed E-state index contributed by atoms with van der Waals surface area (Å²) in [5.41, 5.74) is 1.93. The minimum Gasteiger partial charge on any atom is -0.495 e. The van der Waals surface area contributed by atoms with Crippen molar-refractivity contribution >= 4 is 40.2 Å². The van der Waals surface area contributed by atoms with Crippen LogP contribution in [0.4, 0.5) is 5.69 Å². The molecule has 0 aliphatic carbocycles. The van der Waals surface area contributed by atoms with E-state index in [1.807, 2.05) is 37.3 Å². The monoisotopic (exact) mass is 301 g/mol. The SMILES string of the molecule is COc1ccccc1NC(C)c1cc(Cl)sc1Cl. The highest BCUT2D eigenvalue weighted by Crippen LogP contribution is 2.37. The number of para-hydroxylation sites is 2. The lowest BCUT2D eigenvalue weighted by Crippen LogP contribution is -2.07. The zero-order valence-corrected chi connectivity index (χ0v) is 12.4. The first kappa shape index (κ1) is 13.5. The molecule has 0 aliphatic heterocycles. The predicted molar refractivity (Wildman–Crippen MR) is 79.4 cm³/mol. The van der Waals surface area contributed by atoms with Gasteiger partial charge in [0, 0.05) is 5.56 Å². The highest BCUT2D eigenvalue weighted by Gasteiger charge is 2.14. The van der Waals surface area contributed by atoms with Crippen LogP contribution in [0.5, 0.6) is 5.75 Å². The third-order valence-electron chi connectivity index (χ3n) is 2.63. The molecule has 1 N–H and O–H groups in total. The van der Waals surface area contributed by atoms with Gasteiger partial charge in [0.1, 0.15) is 5.75 Å². The van der Waals surface area contributed by atoms with E-state index in [2.05, 4.69) is 5.32 Å². The Morgan fingerprint density at radius 2 is 2.00 bits per heavy atom. The van der Waals surface area contributed by atoms with Crippen LogP contribution < -0.4 is 10.1 Å². The fourth-order valence-corrected chi connectivity index (χ4v) is 3.37. The molecule has 0 spiro atoms. The number of anilines is 1. The smallest absolute Gasteiger partial charge is 0.141 e. The van der Waals surface area contributed by atoms with Crippen molar-refractivity contribution in [1.82, 2.24) is 0 Å². The van der Waals surface area contributed by atoms with Gasteiger partial charge < -0.3 is 10.1 Å². The number of halogens is 2. The van der Waals surface area contributed by atoms with E-state index >= 15 is 0 Å². The first-order chi connectivity index (χ1) is 8.61. The van der Waals surface area contributed by atoms with Gasteiger partial charge in [-0.05, 0) is 25.1 Å². The Morgan fingerprint density at radius 3 is 2.61 bits per heavy atom. The minimum absolute atomic E-state index is 0.0672. The van der Waals surface area contributed by atoms with E-state index in [4.69, 9.17) is 27.9 Å². The molecule has 96 valence electrons. The molecule has 0 saturated carbocycles. The van der Waals surface area contributed by atoms with Crippen LogP contribution in [-0.2, 0) is 0 Å². The average Bonchev–Trinajstić information content (AvgIpc) is 2.69. The van der Waals surface area contributed by atoms with Crippen molar-refractivity contribution in [3.63, 3.8) is 0 Å². The molecule has 1 atom stereocenters. The van der Waals surface area contributed by atoms with Gasteiger partial charge in [-0.3, -0.25) is 0 Å². The number of hydrogen-bond donors (Lipinski definition) is 1. The van der Waals surface area contributed by atoms with Crippen LogP contribution in [0.15, 0.2) is 30.3 Å². The second-order valence-corrected chi connectivity index (χ2v) is 6.13. The van der Waals surface area contributed by atoms with Gasteiger partial charge in [0.05, 0.1) is 27.5 Å². The van der Waals surface area contributed by atoms with Crippen molar-refractivity contribution < 1.29 is 4.74 Å². The molecular formula is C13H13Cl2NOS. The molecule has 1 aromatic carbocycles. The first-order valence-electron chi connectivity index (χ1n) is 5.46. The van der Waals surface area contributed by atoms with Gasteiger partial charge in [0.15, 0.2) is 0 Å². The maximum absolute atomic E-state index is 6.14. The fraction of sp³-hybridized carbons (Fsp3) is 0.231. The molecule has 5 heteroatoms. The molecule has 0 fully saturated rings. The van der Waals surface area contributed by atoms with Gasteiger partial charge >= 0.3 is 0 Å². The third kappa shape index (κ3) is 2.91. The summed E-state index contributed by atoms with van der Waals surface area (Å²) in [7, 11) is 1.65. The van der Waals surface area contributed by atoms with E-state index in [-0.39, 0.29) is 6.04 Å². The van der Waals surface area contributed by atoms with Crippen LogP contribution in [0, 0.1) is 0 Å². The van der Waals surface area contributed by atoms with Crippen molar-refractivity contribution in [2.24, 2.45) is 0 Å². The van der Waals surface area contributed by atoms with E-state index < -0.39 is 0 Å². The topological polar surface area (TPSA) is 21.3 Å². The second kappa shape index (κ2) is 5.83. The molecule has 1 aromatic heterocycles. The summed E-state index contributed by atoms with van der Waals surface area (Å²) in [5, 5.41) is 3.37. The Hall–Kier alpha value is -0.900. The van der Waals surface area contributed by atoms with Crippen LogP contribution in [0.2, 0.25) is 8.67 Å². The molecule has 2 aromatic rings. The number of thiophene rings is 1. The molecule has 2 rings (SSSR count). The van der Waals surface area contributed by atoms with Crippen LogP contribution in [-0.4, -0.2) is 7.11 Å². The number of rotatable bonds is 4. The summed E-state index contributed by atoms with van der Waals surface area (Å²) in [6.45, 7) is 2.04. The Bertz CT molecular complexity index is 542. The number of hydrogen-bond acceptors (Lipinski definition) is 3. The minimum atomic E-state index is 0.0672. The maximum Gasteiger partial charge on any atom is 0.141 e. The molecule has 0 aliphatic rings. The molecule has 2 nitrogen and oxygen atoms in total. The number of benzene rings is 1. The van der Waals surface area contributed by atoms with E-state index in [1.165, 1.54) is 11.3 Å². The zero-order chi connectivity index (χ0) is 13.1. The van der Waals surface area contributed by atoms with Crippen molar-refractivity contribution in [2.75, 3.05) is 12.4 Å². The van der Waals surface area contributed by atoms with E-state index in [0.717, 1.165) is 21.3 Å². The largest absolute Gasteiger partial charge is 0.495 e. The standard InChI is InChI=1S/C13H13Cl2NOS/c1-8(9-7-12(14)18-13(9)15)16-10-5-3-4-6-11(10)17-2/h3-8,16H,1-2H3. The quantitative estimate of drug-likeness (QED) is 0.834. The summed E-state index contributed by atoms with van der Waals surface area (Å²) < 4.78 is 6.71. The summed E-state index contributed by atoms with van der Waals surface area (Å²) >= 11 is 13.5. The molecule has 0 saturated heterocycles. The van der Waals surface area contributed by atoms with E-state index in [0.29, 0.717) is 4.34 Å². The number of methoxy groups -OCH3 is 1. The Kier molecular flexibility index (Phi) is 4.38. The fourth-order valence-electron chi connectivity index (χ4n) is 1.72. The lowest BCUT2D eigenvalue weighted by molar-refractivity contribution is 0.416. The van der Waals surface area contributed by atoms with E-state index in [1.54, 1.807) is 7.11 Å². The van der Waals surface area contributed by atoms with Crippen molar-refractivity contribution in [1.29, 1.82) is 0 Å². The number of nitrogens with one attached hydrogen (secondary N) is 1. The normalized spacial score (nSPS) is 12.2. The zero-order valence-electron chi connectivity index (χ0n) is 10.0. The Balaban J connectivity index is 2.21. The van der Waals surface area contributed by atoms with Gasteiger partial charge in [-0.2, -0.15) is 0 Å². The Morgan fingerprint density at radius 1 is 1.28 bits per heavy atom. The highest BCUT2D eigenvalue weighted by molar-refractivity contribution is 7.20. The van der Waals surface area contributed by atoms with Crippen LogP contribution in [0.3, 0.4) is 0 Å². The van der Waals surface area contributed by atoms with Crippen molar-refractivity contribution in [2.45, 2.75) is 13.0 Å². The molecule has 1 unspecified atom stereocenters. The second-order valence-electron chi connectivity index (χ2n) is 3.85. The summed E-state index contributed by atoms with van der Waals surface area (Å²) in [5.74, 6) is 0.807. The first-order valence-corrected chi connectivity index (χ1v) is 7.03. The summed E-state index contributed by atoms with van der Waals surface area (Å²) in [6.07, 6.45) is 0. The van der Waals surface area contributed by atoms with Crippen molar-refractivity contribution in [3.8, 4) is 5.75 Å². The molecule has 0 bridgehead atoms. The highest BCUT2D eigenvalue weighted by atomic mass is 35.5. The van der Waals surface area contributed by atoms with Gasteiger partial charge in [0.25, 0.3) is 0 Å². The molecule has 1 heterocycles. The maximum atomic E-state index is 6.14. The van der Waals surface area contributed by atoms with Gasteiger partial charge in [-0.25, -0.2) is 0 Å². The molecule has 18 heavy (non-hydrogen) atoms. The Labute approximate surface area is 120 Å². The molecule has 0 radical (unpaired) electrons. The molecular weight excluding hydrogens is 289 g/mol. The predicted octanol–water partition coefficient (Wildman–Crippen LogP) is 5.24. The number of ether oxygens (including phenoxy) is 1. The van der Waals surface area contributed by atoms with Crippen LogP contribution in [0.1, 0.15) is 18.5 Å². The van der Waals surface area contributed by atoms with Crippen LogP contribution in [0.25, 0.3) is 0 Å². The summed E-state index contributed by atoms with van der Waals surface area (Å²) in [6, 6.07) is 9.73. The van der Waals surface area contributed by atoms with Gasteiger partial charge in [0.2, 0.25) is 0 Å². The lowest BCUT2D eigenvalue weighted by Gasteiger charge is -2.17. The molecule has 0 amide bonds. The van der Waals surface area contributed by atoms with Gasteiger partial charge in [-0.15, -0.1) is 11.3 Å². The van der Waals surface area contributed by atoms with Crippen LogP contribution >= 0.6 is 34.5 Å². The van der Waals surface area contributed by atoms with Gasteiger partial charge in [-0.1, -0.05) is 35.3 Å². The average molecular weight is 302 g/mol.